The van der Waals surface area contributed by atoms with Gasteiger partial charge in [-0.3, -0.25) is 4.79 Å². The van der Waals surface area contributed by atoms with Gasteiger partial charge in [0, 0.05) is 11.6 Å². The van der Waals surface area contributed by atoms with Crippen molar-refractivity contribution in [1.82, 2.24) is 15.5 Å². The second-order valence-electron chi connectivity index (χ2n) is 5.62. The maximum absolute atomic E-state index is 13.5. The number of ether oxygens (including phenoxy) is 1. The first kappa shape index (κ1) is 18.4. The van der Waals surface area contributed by atoms with Crippen molar-refractivity contribution in [3.8, 4) is 17.1 Å². The summed E-state index contributed by atoms with van der Waals surface area (Å²) in [6.07, 6.45) is 0. The fourth-order valence-corrected chi connectivity index (χ4v) is 2.21. The summed E-state index contributed by atoms with van der Waals surface area (Å²) in [5, 5.41) is 6.34. The quantitative estimate of drug-likeness (QED) is 0.712. The van der Waals surface area contributed by atoms with Gasteiger partial charge in [0.25, 0.3) is 5.91 Å². The number of hydrogen-bond donors (Lipinski definition) is 1. The van der Waals surface area contributed by atoms with Crippen LogP contribution in [0.25, 0.3) is 11.4 Å². The van der Waals surface area contributed by atoms with E-state index in [0.29, 0.717) is 11.6 Å². The minimum Gasteiger partial charge on any atom is -0.481 e. The van der Waals surface area contributed by atoms with E-state index in [-0.39, 0.29) is 23.3 Å². The molecule has 3 aromatic rings. The van der Waals surface area contributed by atoms with Crippen molar-refractivity contribution < 1.29 is 27.2 Å². The van der Waals surface area contributed by atoms with Crippen molar-refractivity contribution in [2.45, 2.75) is 13.0 Å². The Bertz CT molecular complexity index is 945. The number of halogens is 3. The van der Waals surface area contributed by atoms with Gasteiger partial charge >= 0.3 is 0 Å². The number of amides is 1. The molecule has 1 atom stereocenters. The maximum Gasteiger partial charge on any atom is 0.258 e. The van der Waals surface area contributed by atoms with Gasteiger partial charge in [0.1, 0.15) is 17.7 Å². The lowest BCUT2D eigenvalue weighted by Crippen LogP contribution is -2.31. The summed E-state index contributed by atoms with van der Waals surface area (Å²) in [5.74, 6) is -2.46. The molecule has 0 bridgehead atoms. The third-order valence-corrected chi connectivity index (χ3v) is 3.54. The fraction of sp³-hybridized carbons (Fsp3) is 0.167. The Hall–Kier alpha value is -3.36. The van der Waals surface area contributed by atoms with Crippen LogP contribution in [0.3, 0.4) is 0 Å². The zero-order valence-electron chi connectivity index (χ0n) is 14.1. The molecule has 0 saturated carbocycles. The molecule has 0 aliphatic heterocycles. The maximum atomic E-state index is 13.5. The number of rotatable bonds is 6. The average Bonchev–Trinajstić information content (AvgIpc) is 3.12. The SMILES string of the molecule is C[C@@H](NC(=O)COc1ccc(F)cc1F)c1nc(-c2ccc(F)cc2)no1. The van der Waals surface area contributed by atoms with Crippen LogP contribution in [-0.4, -0.2) is 22.7 Å². The summed E-state index contributed by atoms with van der Waals surface area (Å²) in [7, 11) is 0. The summed E-state index contributed by atoms with van der Waals surface area (Å²) in [4.78, 5) is 16.1. The van der Waals surface area contributed by atoms with Crippen molar-refractivity contribution in [1.29, 1.82) is 0 Å². The normalized spacial score (nSPS) is 11.9. The van der Waals surface area contributed by atoms with Crippen molar-refractivity contribution in [3.63, 3.8) is 0 Å². The van der Waals surface area contributed by atoms with Crippen LogP contribution in [-0.2, 0) is 4.79 Å². The first-order chi connectivity index (χ1) is 12.9. The molecule has 140 valence electrons. The van der Waals surface area contributed by atoms with Gasteiger partial charge in [0.05, 0.1) is 0 Å². The number of nitrogens with zero attached hydrogens (tertiary/aromatic N) is 2. The molecule has 1 amide bonds. The van der Waals surface area contributed by atoms with Gasteiger partial charge in [-0.05, 0) is 43.3 Å². The van der Waals surface area contributed by atoms with Gasteiger partial charge in [0.2, 0.25) is 11.7 Å². The Morgan fingerprint density at radius 1 is 1.15 bits per heavy atom. The summed E-state index contributed by atoms with van der Waals surface area (Å²) < 4.78 is 49.4. The first-order valence-electron chi connectivity index (χ1n) is 7.89. The molecule has 0 aliphatic rings. The molecule has 6 nitrogen and oxygen atoms in total. The molecule has 0 spiro atoms. The molecule has 0 unspecified atom stereocenters. The van der Waals surface area contributed by atoms with Gasteiger partial charge < -0.3 is 14.6 Å². The predicted molar refractivity (Wildman–Crippen MR) is 88.1 cm³/mol. The van der Waals surface area contributed by atoms with Gasteiger partial charge in [0.15, 0.2) is 18.2 Å². The zero-order valence-corrected chi connectivity index (χ0v) is 14.1. The lowest BCUT2D eigenvalue weighted by molar-refractivity contribution is -0.123. The van der Waals surface area contributed by atoms with E-state index in [1.165, 1.54) is 24.3 Å². The molecule has 0 radical (unpaired) electrons. The van der Waals surface area contributed by atoms with Crippen molar-refractivity contribution >= 4 is 5.91 Å². The predicted octanol–water partition coefficient (Wildman–Crippen LogP) is 3.41. The van der Waals surface area contributed by atoms with Crippen LogP contribution in [0.15, 0.2) is 47.0 Å². The highest BCUT2D eigenvalue weighted by Gasteiger charge is 2.18. The van der Waals surface area contributed by atoms with E-state index in [2.05, 4.69) is 15.5 Å². The highest BCUT2D eigenvalue weighted by atomic mass is 19.1. The van der Waals surface area contributed by atoms with E-state index in [1.807, 2.05) is 0 Å². The van der Waals surface area contributed by atoms with E-state index in [0.717, 1.165) is 12.1 Å². The van der Waals surface area contributed by atoms with Crippen LogP contribution in [0.2, 0.25) is 0 Å². The molecule has 9 heteroatoms. The topological polar surface area (TPSA) is 77.2 Å². The largest absolute Gasteiger partial charge is 0.481 e. The van der Waals surface area contributed by atoms with E-state index in [4.69, 9.17) is 9.26 Å². The van der Waals surface area contributed by atoms with Crippen LogP contribution < -0.4 is 10.1 Å². The molecule has 0 fully saturated rings. The zero-order chi connectivity index (χ0) is 19.4. The first-order valence-corrected chi connectivity index (χ1v) is 7.89. The summed E-state index contributed by atoms with van der Waals surface area (Å²) in [6, 6.07) is 7.66. The minimum atomic E-state index is -0.906. The Balaban J connectivity index is 1.57. The number of nitrogens with one attached hydrogen (secondary N) is 1. The van der Waals surface area contributed by atoms with Crippen LogP contribution in [0.4, 0.5) is 13.2 Å². The van der Waals surface area contributed by atoms with Crippen molar-refractivity contribution in [2.75, 3.05) is 6.61 Å². The molecule has 1 heterocycles. The summed E-state index contributed by atoms with van der Waals surface area (Å²) in [5.41, 5.74) is 0.556. The monoisotopic (exact) mass is 377 g/mol. The third kappa shape index (κ3) is 4.63. The van der Waals surface area contributed by atoms with Crippen LogP contribution in [0, 0.1) is 17.5 Å². The molecule has 1 aromatic heterocycles. The highest BCUT2D eigenvalue weighted by molar-refractivity contribution is 5.77. The van der Waals surface area contributed by atoms with Gasteiger partial charge in [-0.25, -0.2) is 13.2 Å². The molecule has 2 aromatic carbocycles. The smallest absolute Gasteiger partial charge is 0.258 e. The second kappa shape index (κ2) is 7.90. The Labute approximate surface area is 152 Å². The fourth-order valence-electron chi connectivity index (χ4n) is 2.21. The number of benzene rings is 2. The van der Waals surface area contributed by atoms with Crippen molar-refractivity contribution in [3.05, 3.63) is 65.8 Å². The average molecular weight is 377 g/mol. The van der Waals surface area contributed by atoms with Crippen LogP contribution in [0.5, 0.6) is 5.75 Å². The Morgan fingerprint density at radius 2 is 1.85 bits per heavy atom. The van der Waals surface area contributed by atoms with Gasteiger partial charge in [-0.15, -0.1) is 0 Å². The number of aromatic nitrogens is 2. The Kier molecular flexibility index (Phi) is 5.39. The van der Waals surface area contributed by atoms with E-state index in [1.54, 1.807) is 6.92 Å². The number of carbonyl (C=O) groups is 1. The summed E-state index contributed by atoms with van der Waals surface area (Å²) >= 11 is 0. The van der Waals surface area contributed by atoms with Gasteiger partial charge in [-0.2, -0.15) is 4.98 Å². The van der Waals surface area contributed by atoms with Crippen molar-refractivity contribution in [2.24, 2.45) is 0 Å². The van der Waals surface area contributed by atoms with Crippen LogP contribution >= 0.6 is 0 Å². The van der Waals surface area contributed by atoms with E-state index in [9.17, 15) is 18.0 Å². The molecular formula is C18H14F3N3O3. The lowest BCUT2D eigenvalue weighted by atomic mass is 10.2. The van der Waals surface area contributed by atoms with E-state index < -0.39 is 30.2 Å². The molecule has 0 saturated heterocycles. The molecule has 1 N–H and O–H groups in total. The van der Waals surface area contributed by atoms with Crippen LogP contribution in [0.1, 0.15) is 18.9 Å². The molecule has 3 rings (SSSR count). The molecule has 0 aliphatic carbocycles. The third-order valence-electron chi connectivity index (χ3n) is 3.54. The molecular weight excluding hydrogens is 363 g/mol. The van der Waals surface area contributed by atoms with Gasteiger partial charge in [-0.1, -0.05) is 5.16 Å². The summed E-state index contributed by atoms with van der Waals surface area (Å²) in [6.45, 7) is 1.13. The standard InChI is InChI=1S/C18H14F3N3O3/c1-10(18-23-17(24-27-18)11-2-4-12(19)5-3-11)22-16(25)9-26-15-7-6-13(20)8-14(15)21/h2-8,10H,9H2,1H3,(H,22,25)/t10-/m1/s1. The molecule has 27 heavy (non-hydrogen) atoms. The highest BCUT2D eigenvalue weighted by Crippen LogP contribution is 2.20. The minimum absolute atomic E-state index is 0.135. The second-order valence-corrected chi connectivity index (χ2v) is 5.62. The Morgan fingerprint density at radius 3 is 2.56 bits per heavy atom. The lowest BCUT2D eigenvalue weighted by Gasteiger charge is -2.11. The number of hydrogen-bond acceptors (Lipinski definition) is 5. The van der Waals surface area contributed by atoms with E-state index >= 15 is 0 Å². The number of carbonyl (C=O) groups excluding carboxylic acids is 1.